The number of carbonyl (C=O) groups excluding carboxylic acids is 3. The minimum absolute atomic E-state index is 0.00982. The first-order valence-corrected chi connectivity index (χ1v) is 20.5. The maximum absolute atomic E-state index is 14.3. The zero-order valence-corrected chi connectivity index (χ0v) is 32.9. The van der Waals surface area contributed by atoms with E-state index in [1.165, 1.54) is 18.1 Å². The van der Waals surface area contributed by atoms with Crippen molar-refractivity contribution in [3.63, 3.8) is 0 Å². The maximum atomic E-state index is 14.3. The van der Waals surface area contributed by atoms with Crippen LogP contribution in [0.1, 0.15) is 70.1 Å². The molecule has 2 aromatic heterocycles. The summed E-state index contributed by atoms with van der Waals surface area (Å²) in [5, 5.41) is 4.27. The molecule has 298 valence electrons. The standard InChI is InChI=1S/C37H45F3N6O7S2/c1-21-10-8-6-7-9-16-45(4)35(49)46-17-13-23(18-26(46)32(47)43-30(21)33(48)44-55(50,51)36(3)14-15-36)53-28-19-25(34-42-29(20-54-34)37(38,39)40)41-31-22(2)27(52-5)12-11-24(28)31/h8,10-12,19-21,23,26,30H,6-7,9,13-18H2,1-5H3,(H,43,47)(H,44,48)/b10-8-/t21-,23-,26-,30?/m0/s1. The number of alkyl halides is 3. The number of ether oxygens (including phenoxy) is 2. The SMILES string of the molecule is COc1ccc2c(O[C@H]3CCN4C(=O)N(C)CCCC/C=C\[C@H](C)C(C(=O)NS(=O)(=O)C5(C)CC5)NC(=O)[C@@H]4C3)cc(-c3nc(C(F)(F)F)cs3)nc2c1C. The first kappa shape index (κ1) is 40.2. The molecule has 1 saturated carbocycles. The van der Waals surface area contributed by atoms with Crippen LogP contribution in [0.2, 0.25) is 0 Å². The molecule has 4 atom stereocenters. The van der Waals surface area contributed by atoms with Crippen LogP contribution in [0, 0.1) is 12.8 Å². The second kappa shape index (κ2) is 15.6. The van der Waals surface area contributed by atoms with Crippen LogP contribution in [-0.2, 0) is 25.8 Å². The van der Waals surface area contributed by atoms with E-state index in [1.807, 2.05) is 6.08 Å². The van der Waals surface area contributed by atoms with E-state index in [1.54, 1.807) is 50.9 Å². The number of piperidine rings is 1. The highest BCUT2D eigenvalue weighted by molar-refractivity contribution is 7.91. The molecule has 0 bridgehead atoms. The molecule has 4 amide bonds. The second-order valence-corrected chi connectivity index (χ2v) is 17.8. The molecular weight excluding hydrogens is 762 g/mol. The Labute approximate surface area is 321 Å². The number of halogens is 3. The zero-order valence-electron chi connectivity index (χ0n) is 31.2. The first-order valence-electron chi connectivity index (χ1n) is 18.2. The van der Waals surface area contributed by atoms with Gasteiger partial charge < -0.3 is 24.6 Å². The maximum Gasteiger partial charge on any atom is 0.434 e. The third-order valence-electron chi connectivity index (χ3n) is 10.6. The van der Waals surface area contributed by atoms with Gasteiger partial charge in [-0.2, -0.15) is 13.2 Å². The van der Waals surface area contributed by atoms with Crippen molar-refractivity contribution in [2.45, 2.75) is 94.8 Å². The van der Waals surface area contributed by atoms with E-state index in [0.717, 1.165) is 23.1 Å². The lowest BCUT2D eigenvalue weighted by atomic mass is 9.95. The number of aromatic nitrogens is 2. The van der Waals surface area contributed by atoms with Gasteiger partial charge in [0.25, 0.3) is 5.91 Å². The molecular formula is C37H45F3N6O7S2. The number of allylic oxidation sites excluding steroid dienone is 1. The Morgan fingerprint density at radius 1 is 1.13 bits per heavy atom. The molecule has 3 aliphatic rings. The summed E-state index contributed by atoms with van der Waals surface area (Å²) in [6.07, 6.45) is 1.59. The molecule has 2 N–H and O–H groups in total. The van der Waals surface area contributed by atoms with Gasteiger partial charge in [0.05, 0.1) is 17.4 Å². The summed E-state index contributed by atoms with van der Waals surface area (Å²) in [6, 6.07) is 2.19. The number of benzene rings is 1. The molecule has 2 aliphatic heterocycles. The van der Waals surface area contributed by atoms with E-state index in [2.05, 4.69) is 20.0 Å². The Morgan fingerprint density at radius 3 is 2.55 bits per heavy atom. The highest BCUT2D eigenvalue weighted by Gasteiger charge is 2.51. The van der Waals surface area contributed by atoms with E-state index in [9.17, 15) is 36.0 Å². The summed E-state index contributed by atoms with van der Waals surface area (Å²) in [7, 11) is -0.860. The van der Waals surface area contributed by atoms with Crippen LogP contribution in [0.3, 0.4) is 0 Å². The first-order chi connectivity index (χ1) is 25.9. The van der Waals surface area contributed by atoms with E-state index in [4.69, 9.17) is 9.47 Å². The lowest BCUT2D eigenvalue weighted by molar-refractivity contribution is -0.140. The Bertz CT molecular complexity index is 2100. The molecule has 0 spiro atoms. The van der Waals surface area contributed by atoms with Gasteiger partial charge in [-0.05, 0) is 58.1 Å². The van der Waals surface area contributed by atoms with Crippen molar-refractivity contribution in [3.8, 4) is 22.2 Å². The highest BCUT2D eigenvalue weighted by Crippen LogP contribution is 2.42. The van der Waals surface area contributed by atoms with E-state index < -0.39 is 62.6 Å². The quantitative estimate of drug-likeness (QED) is 0.281. The van der Waals surface area contributed by atoms with Gasteiger partial charge in [0.15, 0.2) is 5.69 Å². The molecule has 55 heavy (non-hydrogen) atoms. The number of pyridine rings is 1. The third kappa shape index (κ3) is 8.54. The van der Waals surface area contributed by atoms with Crippen molar-refractivity contribution in [1.82, 2.24) is 29.8 Å². The van der Waals surface area contributed by atoms with Crippen LogP contribution in [0.5, 0.6) is 11.5 Å². The van der Waals surface area contributed by atoms with Crippen LogP contribution in [-0.4, -0.2) is 96.2 Å². The number of hydrogen-bond donors (Lipinski definition) is 2. The molecule has 3 aromatic rings. The van der Waals surface area contributed by atoms with Crippen LogP contribution in [0.4, 0.5) is 18.0 Å². The lowest BCUT2D eigenvalue weighted by Crippen LogP contribution is -2.61. The van der Waals surface area contributed by atoms with Crippen molar-refractivity contribution in [2.24, 2.45) is 5.92 Å². The molecule has 13 nitrogen and oxygen atoms in total. The number of amides is 4. The van der Waals surface area contributed by atoms with E-state index in [0.29, 0.717) is 60.9 Å². The van der Waals surface area contributed by atoms with Crippen LogP contribution in [0.25, 0.3) is 21.6 Å². The van der Waals surface area contributed by atoms with Gasteiger partial charge in [-0.15, -0.1) is 11.3 Å². The lowest BCUT2D eigenvalue weighted by Gasteiger charge is -2.41. The van der Waals surface area contributed by atoms with Gasteiger partial charge in [0.2, 0.25) is 15.9 Å². The largest absolute Gasteiger partial charge is 0.496 e. The number of sulfonamides is 1. The summed E-state index contributed by atoms with van der Waals surface area (Å²) >= 11 is 0.791. The third-order valence-corrected chi connectivity index (χ3v) is 13.6. The fourth-order valence-corrected chi connectivity index (χ4v) is 8.89. The molecule has 1 unspecified atom stereocenters. The van der Waals surface area contributed by atoms with Crippen molar-refractivity contribution in [1.29, 1.82) is 0 Å². The zero-order chi connectivity index (χ0) is 39.9. The van der Waals surface area contributed by atoms with Gasteiger partial charge in [-0.1, -0.05) is 19.1 Å². The topological polar surface area (TPSA) is 160 Å². The molecule has 1 aromatic carbocycles. The smallest absolute Gasteiger partial charge is 0.434 e. The predicted octanol–water partition coefficient (Wildman–Crippen LogP) is 5.82. The second-order valence-electron chi connectivity index (χ2n) is 14.7. The van der Waals surface area contributed by atoms with Crippen molar-refractivity contribution >= 4 is 50.1 Å². The number of urea groups is 1. The monoisotopic (exact) mass is 806 g/mol. The number of rotatable bonds is 7. The Hall–Kier alpha value is -4.45. The number of thiazole rings is 1. The van der Waals surface area contributed by atoms with Gasteiger partial charge in [0, 0.05) is 61.3 Å². The average Bonchev–Trinajstić information content (AvgIpc) is 3.69. The van der Waals surface area contributed by atoms with Gasteiger partial charge in [-0.3, -0.25) is 14.3 Å². The number of nitrogens with zero attached hydrogens (tertiary/aromatic N) is 4. The fourth-order valence-electron chi connectivity index (χ4n) is 6.82. The van der Waals surface area contributed by atoms with Gasteiger partial charge >= 0.3 is 12.2 Å². The molecule has 1 saturated heterocycles. The van der Waals surface area contributed by atoms with Crippen LogP contribution >= 0.6 is 11.3 Å². The van der Waals surface area contributed by atoms with E-state index >= 15 is 0 Å². The summed E-state index contributed by atoms with van der Waals surface area (Å²) in [5.74, 6) is -1.34. The number of carbonyl (C=O) groups is 3. The number of methoxy groups -OCH3 is 1. The predicted molar refractivity (Wildman–Crippen MR) is 200 cm³/mol. The Balaban J connectivity index is 1.34. The number of aryl methyl sites for hydroxylation is 1. The van der Waals surface area contributed by atoms with Gasteiger partial charge in [-0.25, -0.2) is 23.2 Å². The molecule has 0 radical (unpaired) electrons. The minimum atomic E-state index is -4.65. The number of nitrogens with one attached hydrogen (secondary N) is 2. The molecule has 6 rings (SSSR count). The summed E-state index contributed by atoms with van der Waals surface area (Å²) in [4.78, 5) is 53.2. The summed E-state index contributed by atoms with van der Waals surface area (Å²) < 4.78 is 79.8. The number of fused-ring (bicyclic) bond motifs is 2. The van der Waals surface area contributed by atoms with Crippen molar-refractivity contribution in [2.75, 3.05) is 27.2 Å². The Kier molecular flexibility index (Phi) is 11.4. The normalized spacial score (nSPS) is 24.4. The van der Waals surface area contributed by atoms with Gasteiger partial charge in [0.1, 0.15) is 40.4 Å². The average molecular weight is 807 g/mol. The van der Waals surface area contributed by atoms with Crippen LogP contribution < -0.4 is 19.5 Å². The molecule has 1 aliphatic carbocycles. The van der Waals surface area contributed by atoms with Crippen LogP contribution in [0.15, 0.2) is 35.7 Å². The number of hydrogen-bond acceptors (Lipinski definition) is 10. The highest BCUT2D eigenvalue weighted by atomic mass is 32.2. The molecule has 18 heteroatoms. The van der Waals surface area contributed by atoms with E-state index in [-0.39, 0.29) is 35.4 Å². The Morgan fingerprint density at radius 2 is 1.87 bits per heavy atom. The molecule has 2 fully saturated rings. The van der Waals surface area contributed by atoms with Crippen molar-refractivity contribution < 1.29 is 45.4 Å². The fraction of sp³-hybridized carbons (Fsp3) is 0.541. The summed E-state index contributed by atoms with van der Waals surface area (Å²) in [6.45, 7) is 5.60. The summed E-state index contributed by atoms with van der Waals surface area (Å²) in [5.41, 5.74) is 0.150. The van der Waals surface area contributed by atoms with Crippen molar-refractivity contribution in [3.05, 3.63) is 47.0 Å². The minimum Gasteiger partial charge on any atom is -0.496 e. The molecule has 4 heterocycles.